The SMILES string of the molecule is COc1ccc(C#CCN)c(Cn2cc(C)cn2)c1. The molecule has 0 aliphatic carbocycles. The normalized spacial score (nSPS) is 9.84. The minimum absolute atomic E-state index is 0.354. The molecule has 0 unspecified atom stereocenters. The van der Waals surface area contributed by atoms with E-state index in [2.05, 4.69) is 16.9 Å². The molecule has 0 saturated carbocycles. The highest BCUT2D eigenvalue weighted by molar-refractivity contribution is 5.45. The van der Waals surface area contributed by atoms with E-state index in [4.69, 9.17) is 10.5 Å². The lowest BCUT2D eigenvalue weighted by molar-refractivity contribution is 0.414. The summed E-state index contributed by atoms with van der Waals surface area (Å²) in [5.74, 6) is 6.78. The lowest BCUT2D eigenvalue weighted by Gasteiger charge is -2.08. The molecule has 0 fully saturated rings. The zero-order valence-electron chi connectivity index (χ0n) is 11.2. The Morgan fingerprint density at radius 3 is 2.89 bits per heavy atom. The van der Waals surface area contributed by atoms with Gasteiger partial charge in [-0.25, -0.2) is 0 Å². The van der Waals surface area contributed by atoms with Gasteiger partial charge in [0.2, 0.25) is 0 Å². The first kappa shape index (κ1) is 13.2. The summed E-state index contributed by atoms with van der Waals surface area (Å²) in [6, 6.07) is 5.84. The molecule has 19 heavy (non-hydrogen) atoms. The summed E-state index contributed by atoms with van der Waals surface area (Å²) in [7, 11) is 1.66. The number of methoxy groups -OCH3 is 1. The standard InChI is InChI=1S/C15H17N3O/c1-12-9-17-18(10-12)11-14-8-15(19-2)6-5-13(14)4-3-7-16/h5-6,8-10H,7,11,16H2,1-2H3. The molecule has 1 aromatic carbocycles. The fraction of sp³-hybridized carbons (Fsp3) is 0.267. The van der Waals surface area contributed by atoms with Gasteiger partial charge in [-0.1, -0.05) is 11.8 Å². The van der Waals surface area contributed by atoms with Crippen LogP contribution in [0.4, 0.5) is 0 Å². The third-order valence-corrected chi connectivity index (χ3v) is 2.73. The highest BCUT2D eigenvalue weighted by Gasteiger charge is 2.04. The van der Waals surface area contributed by atoms with E-state index in [9.17, 15) is 0 Å². The van der Waals surface area contributed by atoms with Gasteiger partial charge >= 0.3 is 0 Å². The zero-order valence-corrected chi connectivity index (χ0v) is 11.2. The molecule has 0 bridgehead atoms. The summed E-state index contributed by atoms with van der Waals surface area (Å²) in [6.45, 7) is 3.04. The van der Waals surface area contributed by atoms with Crippen molar-refractivity contribution < 1.29 is 4.74 Å². The van der Waals surface area contributed by atoms with Crippen LogP contribution in [0.1, 0.15) is 16.7 Å². The van der Waals surface area contributed by atoms with Gasteiger partial charge in [0.25, 0.3) is 0 Å². The van der Waals surface area contributed by atoms with E-state index in [1.807, 2.05) is 42.2 Å². The van der Waals surface area contributed by atoms with Crippen LogP contribution in [-0.2, 0) is 6.54 Å². The molecule has 0 saturated heterocycles. The average molecular weight is 255 g/mol. The van der Waals surface area contributed by atoms with Crippen molar-refractivity contribution in [1.82, 2.24) is 9.78 Å². The van der Waals surface area contributed by atoms with Gasteiger partial charge in [0.1, 0.15) is 5.75 Å². The number of nitrogens with zero attached hydrogens (tertiary/aromatic N) is 2. The Labute approximate surface area is 113 Å². The fourth-order valence-electron chi connectivity index (χ4n) is 1.82. The van der Waals surface area contributed by atoms with Crippen LogP contribution in [0.5, 0.6) is 5.75 Å². The van der Waals surface area contributed by atoms with Gasteiger partial charge in [0, 0.05) is 11.8 Å². The first-order chi connectivity index (χ1) is 9.22. The molecule has 0 amide bonds. The molecule has 0 radical (unpaired) electrons. The molecule has 2 rings (SSSR count). The third kappa shape index (κ3) is 3.36. The van der Waals surface area contributed by atoms with Crippen LogP contribution in [0, 0.1) is 18.8 Å². The number of nitrogens with two attached hydrogens (primary N) is 1. The van der Waals surface area contributed by atoms with E-state index in [1.54, 1.807) is 7.11 Å². The molecule has 0 atom stereocenters. The molecule has 0 spiro atoms. The lowest BCUT2D eigenvalue weighted by Crippen LogP contribution is -2.03. The van der Waals surface area contributed by atoms with Crippen LogP contribution in [0.3, 0.4) is 0 Å². The number of hydrogen-bond donors (Lipinski definition) is 1. The van der Waals surface area contributed by atoms with Gasteiger partial charge in [0.05, 0.1) is 26.4 Å². The Bertz CT molecular complexity index is 620. The molecule has 0 aliphatic rings. The number of aryl methyl sites for hydroxylation is 1. The second-order valence-corrected chi connectivity index (χ2v) is 4.24. The minimum Gasteiger partial charge on any atom is -0.497 e. The molecule has 98 valence electrons. The van der Waals surface area contributed by atoms with Crippen molar-refractivity contribution >= 4 is 0 Å². The van der Waals surface area contributed by atoms with Crippen molar-refractivity contribution in [3.05, 3.63) is 47.3 Å². The monoisotopic (exact) mass is 255 g/mol. The van der Waals surface area contributed by atoms with Crippen molar-refractivity contribution in [2.45, 2.75) is 13.5 Å². The molecular formula is C15H17N3O. The predicted octanol–water partition coefficient (Wildman–Crippen LogP) is 1.56. The quantitative estimate of drug-likeness (QED) is 0.847. The zero-order chi connectivity index (χ0) is 13.7. The van der Waals surface area contributed by atoms with E-state index >= 15 is 0 Å². The maximum atomic E-state index is 5.42. The molecule has 4 nitrogen and oxygen atoms in total. The van der Waals surface area contributed by atoms with Crippen LogP contribution < -0.4 is 10.5 Å². The Balaban J connectivity index is 2.34. The first-order valence-corrected chi connectivity index (χ1v) is 6.08. The Morgan fingerprint density at radius 2 is 2.26 bits per heavy atom. The molecule has 1 heterocycles. The van der Waals surface area contributed by atoms with Gasteiger partial charge < -0.3 is 10.5 Å². The van der Waals surface area contributed by atoms with Crippen molar-refractivity contribution in [2.24, 2.45) is 5.73 Å². The predicted molar refractivity (Wildman–Crippen MR) is 75.0 cm³/mol. The Morgan fingerprint density at radius 1 is 1.42 bits per heavy atom. The molecular weight excluding hydrogens is 238 g/mol. The lowest BCUT2D eigenvalue weighted by atomic mass is 10.1. The molecule has 2 N–H and O–H groups in total. The minimum atomic E-state index is 0.354. The Hall–Kier alpha value is -2.25. The smallest absolute Gasteiger partial charge is 0.119 e. The van der Waals surface area contributed by atoms with E-state index in [0.717, 1.165) is 22.4 Å². The number of benzene rings is 1. The summed E-state index contributed by atoms with van der Waals surface area (Å²) in [4.78, 5) is 0. The highest BCUT2D eigenvalue weighted by Crippen LogP contribution is 2.18. The van der Waals surface area contributed by atoms with Crippen LogP contribution in [0.25, 0.3) is 0 Å². The van der Waals surface area contributed by atoms with Crippen molar-refractivity contribution in [1.29, 1.82) is 0 Å². The second kappa shape index (κ2) is 6.07. The Kier molecular flexibility index (Phi) is 4.22. The maximum Gasteiger partial charge on any atom is 0.119 e. The number of hydrogen-bond acceptors (Lipinski definition) is 3. The highest BCUT2D eigenvalue weighted by atomic mass is 16.5. The second-order valence-electron chi connectivity index (χ2n) is 4.24. The average Bonchev–Trinajstić information content (AvgIpc) is 2.82. The number of aromatic nitrogens is 2. The van der Waals surface area contributed by atoms with E-state index < -0.39 is 0 Å². The largest absolute Gasteiger partial charge is 0.497 e. The fourth-order valence-corrected chi connectivity index (χ4v) is 1.82. The van der Waals surface area contributed by atoms with Crippen LogP contribution in [0.2, 0.25) is 0 Å². The van der Waals surface area contributed by atoms with Gasteiger partial charge in [-0.15, -0.1) is 0 Å². The van der Waals surface area contributed by atoms with E-state index in [-0.39, 0.29) is 0 Å². The van der Waals surface area contributed by atoms with Gasteiger partial charge in [-0.05, 0) is 36.2 Å². The third-order valence-electron chi connectivity index (χ3n) is 2.73. The van der Waals surface area contributed by atoms with Gasteiger partial charge in [-0.2, -0.15) is 5.10 Å². The van der Waals surface area contributed by atoms with Crippen LogP contribution in [0.15, 0.2) is 30.6 Å². The summed E-state index contributed by atoms with van der Waals surface area (Å²) in [6.07, 6.45) is 3.84. The van der Waals surface area contributed by atoms with Gasteiger partial charge in [-0.3, -0.25) is 4.68 Å². The summed E-state index contributed by atoms with van der Waals surface area (Å²) < 4.78 is 7.14. The number of rotatable bonds is 3. The molecule has 2 aromatic rings. The molecule has 4 heteroatoms. The molecule has 1 aromatic heterocycles. The maximum absolute atomic E-state index is 5.42. The van der Waals surface area contributed by atoms with Crippen molar-refractivity contribution in [2.75, 3.05) is 13.7 Å². The van der Waals surface area contributed by atoms with Crippen LogP contribution in [-0.4, -0.2) is 23.4 Å². The molecule has 0 aliphatic heterocycles. The van der Waals surface area contributed by atoms with Crippen LogP contribution >= 0.6 is 0 Å². The van der Waals surface area contributed by atoms with Gasteiger partial charge in [0.15, 0.2) is 0 Å². The summed E-state index contributed by atoms with van der Waals surface area (Å²) in [5.41, 5.74) is 8.59. The first-order valence-electron chi connectivity index (χ1n) is 6.08. The summed E-state index contributed by atoms with van der Waals surface area (Å²) >= 11 is 0. The van der Waals surface area contributed by atoms with E-state index in [0.29, 0.717) is 13.1 Å². The van der Waals surface area contributed by atoms with Crippen molar-refractivity contribution in [3.63, 3.8) is 0 Å². The topological polar surface area (TPSA) is 53.1 Å². The summed E-state index contributed by atoms with van der Waals surface area (Å²) in [5, 5.41) is 4.29. The number of ether oxygens (including phenoxy) is 1. The van der Waals surface area contributed by atoms with Crippen molar-refractivity contribution in [3.8, 4) is 17.6 Å². The van der Waals surface area contributed by atoms with E-state index in [1.165, 1.54) is 0 Å².